The van der Waals surface area contributed by atoms with Crippen LogP contribution in [0.4, 0.5) is 71.4 Å². The zero-order valence-electron chi connectivity index (χ0n) is 37.7. The molecule has 0 radical (unpaired) electrons. The van der Waals surface area contributed by atoms with E-state index in [1.807, 2.05) is 0 Å². The number of alkyl halides is 6. The number of nitrogens with zero attached hydrogens (tertiary/aromatic N) is 3. The maximum absolute atomic E-state index is 16.7. The zero-order valence-corrected chi connectivity index (χ0v) is 38.4. The third-order valence-corrected chi connectivity index (χ3v) is 12.9. The summed E-state index contributed by atoms with van der Waals surface area (Å²) in [6.45, 7) is 2.45. The van der Waals surface area contributed by atoms with Gasteiger partial charge < -0.3 is 30.9 Å². The van der Waals surface area contributed by atoms with Crippen LogP contribution in [0.1, 0.15) is 26.7 Å². The molecule has 0 unspecified atom stereocenters. The van der Waals surface area contributed by atoms with E-state index in [0.29, 0.717) is 0 Å². The van der Waals surface area contributed by atoms with Crippen LogP contribution in [0.3, 0.4) is 0 Å². The molecule has 6 heterocycles. The Morgan fingerprint density at radius 3 is 1.51 bits per heavy atom. The number of H-pyrrole nitrogens is 3. The van der Waals surface area contributed by atoms with E-state index in [2.05, 4.69) is 45.9 Å². The lowest BCUT2D eigenvalue weighted by Crippen LogP contribution is -2.36. The molecule has 378 valence electrons. The van der Waals surface area contributed by atoms with Gasteiger partial charge in [0.25, 0.3) is 16.7 Å². The molecule has 6 aromatic heterocycles. The summed E-state index contributed by atoms with van der Waals surface area (Å²) >= 11 is 6.07. The molecule has 0 spiro atoms. The van der Waals surface area contributed by atoms with Gasteiger partial charge in [0, 0.05) is 49.6 Å². The number of hydrogen-bond donors (Lipinski definition) is 6. The summed E-state index contributed by atoms with van der Waals surface area (Å²) in [5.41, 5.74) is -5.67. The van der Waals surface area contributed by atoms with Crippen LogP contribution in [0.5, 0.6) is 0 Å². The quantitative estimate of drug-likeness (QED) is 0.0443. The molecule has 10 rings (SSSR count). The number of anilines is 4. The molecular weight excluding hydrogens is 1020 g/mol. The Hall–Kier alpha value is -8.34. The summed E-state index contributed by atoms with van der Waals surface area (Å²) in [4.78, 5) is 62.0. The Kier molecular flexibility index (Phi) is 12.0. The molecule has 74 heavy (non-hydrogen) atoms. The van der Waals surface area contributed by atoms with Crippen LogP contribution in [-0.4, -0.2) is 54.3 Å². The van der Waals surface area contributed by atoms with Gasteiger partial charge in [-0.15, -0.1) is 0 Å². The van der Waals surface area contributed by atoms with Crippen molar-refractivity contribution >= 4 is 99.8 Å². The first kappa shape index (κ1) is 49.2. The summed E-state index contributed by atoms with van der Waals surface area (Å²) in [7, 11) is 0. The first-order valence-corrected chi connectivity index (χ1v) is 22.5. The highest BCUT2D eigenvalue weighted by Crippen LogP contribution is 2.40. The molecule has 10 aromatic rings. The van der Waals surface area contributed by atoms with Crippen molar-refractivity contribution in [3.63, 3.8) is 0 Å². The van der Waals surface area contributed by atoms with Crippen LogP contribution in [-0.2, 0) is 0 Å². The highest BCUT2D eigenvalue weighted by atomic mass is 35.5. The molecule has 4 aromatic carbocycles. The smallest absolute Gasteiger partial charge is 0.358 e. The van der Waals surface area contributed by atoms with Gasteiger partial charge in [0.1, 0.15) is 63.6 Å². The minimum absolute atomic E-state index is 0.0218. The van der Waals surface area contributed by atoms with Gasteiger partial charge in [0.05, 0.1) is 49.8 Å². The van der Waals surface area contributed by atoms with Crippen molar-refractivity contribution in [3.05, 3.63) is 144 Å². The highest BCUT2D eigenvalue weighted by molar-refractivity contribution is 6.33. The van der Waals surface area contributed by atoms with Gasteiger partial charge in [-0.05, 0) is 85.6 Å². The van der Waals surface area contributed by atoms with Crippen LogP contribution in [0.2, 0.25) is 5.02 Å². The van der Waals surface area contributed by atoms with Crippen molar-refractivity contribution in [2.24, 2.45) is 0 Å². The van der Waals surface area contributed by atoms with Gasteiger partial charge in [-0.3, -0.25) is 14.4 Å². The van der Waals surface area contributed by atoms with Gasteiger partial charge in [-0.2, -0.15) is 26.3 Å². The second kappa shape index (κ2) is 18.0. The number of halogens is 12. The van der Waals surface area contributed by atoms with E-state index in [1.165, 1.54) is 26.1 Å². The molecule has 0 saturated carbocycles. The first-order chi connectivity index (χ1) is 35.0. The number of aromatic nitrogens is 6. The van der Waals surface area contributed by atoms with Crippen molar-refractivity contribution in [2.75, 3.05) is 16.0 Å². The van der Waals surface area contributed by atoms with Crippen LogP contribution in [0, 0.1) is 29.1 Å². The van der Waals surface area contributed by atoms with Crippen molar-refractivity contribution in [2.45, 2.75) is 51.1 Å². The Bertz CT molecular complexity index is 4200. The fourth-order valence-corrected chi connectivity index (χ4v) is 9.17. The predicted molar refractivity (Wildman–Crippen MR) is 260 cm³/mol. The first-order valence-electron chi connectivity index (χ1n) is 22.1. The average Bonchev–Trinajstić information content (AvgIpc) is 3.33. The molecule has 0 aliphatic carbocycles. The van der Waals surface area contributed by atoms with Gasteiger partial charge in [0.2, 0.25) is 0 Å². The zero-order chi connectivity index (χ0) is 52.9. The Balaban J connectivity index is 1.18. The van der Waals surface area contributed by atoms with Crippen molar-refractivity contribution in [1.82, 2.24) is 29.9 Å². The molecule has 0 amide bonds. The van der Waals surface area contributed by atoms with E-state index in [9.17, 15) is 53.9 Å². The molecule has 24 heteroatoms. The molecule has 6 N–H and O–H groups in total. The number of rotatable bonds is 10. The van der Waals surface area contributed by atoms with E-state index in [4.69, 9.17) is 11.6 Å². The van der Waals surface area contributed by atoms with Crippen molar-refractivity contribution < 1.29 is 48.3 Å². The van der Waals surface area contributed by atoms with Gasteiger partial charge in [-0.1, -0.05) is 25.4 Å². The van der Waals surface area contributed by atoms with Gasteiger partial charge >= 0.3 is 12.4 Å². The number of fused-ring (bicyclic) bond motifs is 9. The largest absolute Gasteiger partial charge is 0.408 e. The average molecular weight is 1050 g/mol. The summed E-state index contributed by atoms with van der Waals surface area (Å²) in [5.74, 6) is -6.38. The predicted octanol–water partition coefficient (Wildman–Crippen LogP) is 12.8. The van der Waals surface area contributed by atoms with Crippen LogP contribution in [0.25, 0.3) is 87.5 Å². The van der Waals surface area contributed by atoms with Gasteiger partial charge in [-0.25, -0.2) is 36.9 Å². The molecule has 0 bridgehead atoms. The van der Waals surface area contributed by atoms with E-state index >= 15 is 8.78 Å². The normalized spacial score (nSPS) is 13.2. The third kappa shape index (κ3) is 8.48. The van der Waals surface area contributed by atoms with E-state index in [0.717, 1.165) is 66.7 Å². The SMILES string of the molecule is CC[C@H](Nc1nc2cc(-c3cc4c(N[C@H](CC)C(F)(F)F)nc5ccc(F)cc5c4c(=O)[nH]3)c(F)cc2c2c(=O)[nH]c(-c3cc4nc(Nc5c(F)ccc(F)c5Cl)c5cc[nH]c(=O)c5c4cc3F)cc12)C(F)(F)F. The number of pyridine rings is 6. The second-order valence-corrected chi connectivity index (χ2v) is 17.5. The molecule has 2 atom stereocenters. The molecule has 0 saturated heterocycles. The Morgan fingerprint density at radius 2 is 1.00 bits per heavy atom. The third-order valence-electron chi connectivity index (χ3n) is 12.5. The summed E-state index contributed by atoms with van der Waals surface area (Å²) in [6.07, 6.45) is -9.57. The fraction of sp³-hybridized carbons (Fsp3) is 0.160. The standard InChI is InChI=1S/C50H31ClF11N9O3/c1-3-36(49(57,58)59)69-44-25-16-32(67-47(73)39(25)22-11-18(52)5-8-31(22)64-44)21-15-35-24(13-30(21)56)40-26(45(66-35)70-37(4-2)50(60,61)62)17-33(68-48(40)74)20-14-34-23(12-29(20)55)38-19(9-10-63-46(38)72)43(65-34)71-42-28(54)7-6-27(53)41(42)51/h5-17,36-37H,3-4H2,1-2H3,(H,63,72)(H,64,69)(H,65,71)(H,66,70)(H,67,73)(H,68,74)/t36-,37+/m1/s1. The number of hydrogen-bond acceptors (Lipinski definition) is 9. The van der Waals surface area contributed by atoms with Crippen molar-refractivity contribution in [3.8, 4) is 22.5 Å². The van der Waals surface area contributed by atoms with Crippen LogP contribution >= 0.6 is 11.6 Å². The fourth-order valence-electron chi connectivity index (χ4n) is 8.97. The minimum atomic E-state index is -4.92. The van der Waals surface area contributed by atoms with E-state index < -0.39 is 122 Å². The lowest BCUT2D eigenvalue weighted by Gasteiger charge is -2.22. The Labute approximate surface area is 410 Å². The lowest BCUT2D eigenvalue weighted by atomic mass is 9.99. The molecular formula is C50H31ClF11N9O3. The minimum Gasteiger partial charge on any atom is -0.358 e. The maximum Gasteiger partial charge on any atom is 0.408 e. The lowest BCUT2D eigenvalue weighted by molar-refractivity contribution is -0.143. The van der Waals surface area contributed by atoms with Gasteiger partial charge in [0.15, 0.2) is 0 Å². The number of nitrogens with one attached hydrogen (secondary N) is 6. The second-order valence-electron chi connectivity index (χ2n) is 17.1. The summed E-state index contributed by atoms with van der Waals surface area (Å²) in [5, 5.41) is 4.48. The van der Waals surface area contributed by atoms with Crippen LogP contribution in [0.15, 0.2) is 93.4 Å². The van der Waals surface area contributed by atoms with E-state index in [-0.39, 0.29) is 76.8 Å². The Morgan fingerprint density at radius 1 is 0.527 bits per heavy atom. The monoisotopic (exact) mass is 1050 g/mol. The van der Waals surface area contributed by atoms with Crippen molar-refractivity contribution in [1.29, 1.82) is 0 Å². The highest BCUT2D eigenvalue weighted by Gasteiger charge is 2.40. The summed E-state index contributed by atoms with van der Waals surface area (Å²) < 4.78 is 163. The van der Waals surface area contributed by atoms with E-state index in [1.54, 1.807) is 0 Å². The molecule has 0 aliphatic heterocycles. The number of benzene rings is 4. The molecule has 12 nitrogen and oxygen atoms in total. The maximum atomic E-state index is 16.7. The molecule has 0 aliphatic rings. The summed E-state index contributed by atoms with van der Waals surface area (Å²) in [6, 6.07) is 7.40. The van der Waals surface area contributed by atoms with Crippen LogP contribution < -0.4 is 32.6 Å². The topological polar surface area (TPSA) is 173 Å². The molecule has 0 fully saturated rings. The number of aromatic amines is 3.